The second kappa shape index (κ2) is 8.39. The Hall–Kier alpha value is -0.710. The van der Waals surface area contributed by atoms with Crippen molar-refractivity contribution >= 4 is 11.8 Å². The first-order chi connectivity index (χ1) is 8.33. The zero-order valence-electron chi connectivity index (χ0n) is 10.5. The van der Waals surface area contributed by atoms with Crippen LogP contribution in [0, 0.1) is 0 Å². The van der Waals surface area contributed by atoms with Crippen LogP contribution in [0.1, 0.15) is 18.5 Å². The van der Waals surface area contributed by atoms with Gasteiger partial charge in [-0.25, -0.2) is 0 Å². The Morgan fingerprint density at radius 1 is 1.41 bits per heavy atom. The molecular weight excluding hydrogens is 234 g/mol. The molecule has 1 aromatic rings. The van der Waals surface area contributed by atoms with E-state index in [1.807, 2.05) is 18.2 Å². The van der Waals surface area contributed by atoms with E-state index in [0.29, 0.717) is 0 Å². The maximum absolute atomic E-state index is 8.81. The van der Waals surface area contributed by atoms with Gasteiger partial charge in [0.2, 0.25) is 0 Å². The minimum atomic E-state index is 0.232. The van der Waals surface area contributed by atoms with Gasteiger partial charge in [-0.1, -0.05) is 25.1 Å². The van der Waals surface area contributed by atoms with Gasteiger partial charge < -0.3 is 15.2 Å². The normalized spacial score (nSPS) is 12.4. The Labute approximate surface area is 108 Å². The molecule has 1 unspecified atom stereocenters. The number of aliphatic hydroxyl groups is 1. The molecule has 0 aliphatic carbocycles. The minimum Gasteiger partial charge on any atom is -0.496 e. The number of thioether (sulfide) groups is 1. The monoisotopic (exact) mass is 255 g/mol. The van der Waals surface area contributed by atoms with E-state index in [2.05, 4.69) is 18.3 Å². The summed E-state index contributed by atoms with van der Waals surface area (Å²) in [5, 5.41) is 12.3. The number of nitrogens with one attached hydrogen (secondary N) is 1. The van der Waals surface area contributed by atoms with Gasteiger partial charge in [0.25, 0.3) is 0 Å². The summed E-state index contributed by atoms with van der Waals surface area (Å²) >= 11 is 1.75. The molecule has 0 aliphatic rings. The van der Waals surface area contributed by atoms with Gasteiger partial charge >= 0.3 is 0 Å². The molecule has 0 aromatic heterocycles. The third-order valence-corrected chi connectivity index (χ3v) is 3.53. The van der Waals surface area contributed by atoms with E-state index in [1.165, 1.54) is 5.56 Å². The molecule has 0 fully saturated rings. The number of methoxy groups -OCH3 is 1. The lowest BCUT2D eigenvalue weighted by molar-refractivity contribution is 0.322. The van der Waals surface area contributed by atoms with Crippen molar-refractivity contribution in [3.63, 3.8) is 0 Å². The van der Waals surface area contributed by atoms with E-state index < -0.39 is 0 Å². The number of hydrogen-bond donors (Lipinski definition) is 2. The summed E-state index contributed by atoms with van der Waals surface area (Å²) in [6, 6.07) is 8.35. The minimum absolute atomic E-state index is 0.232. The van der Waals surface area contributed by atoms with Crippen LogP contribution in [0.4, 0.5) is 0 Å². The largest absolute Gasteiger partial charge is 0.496 e. The highest BCUT2D eigenvalue weighted by Crippen LogP contribution is 2.27. The smallest absolute Gasteiger partial charge is 0.123 e. The molecule has 1 rings (SSSR count). The lowest BCUT2D eigenvalue weighted by Crippen LogP contribution is -2.23. The number of rotatable bonds is 8. The fourth-order valence-electron chi connectivity index (χ4n) is 1.73. The van der Waals surface area contributed by atoms with E-state index in [1.54, 1.807) is 18.9 Å². The van der Waals surface area contributed by atoms with Crippen molar-refractivity contribution in [1.29, 1.82) is 0 Å². The third kappa shape index (κ3) is 4.58. The highest BCUT2D eigenvalue weighted by atomic mass is 32.2. The highest BCUT2D eigenvalue weighted by Gasteiger charge is 2.14. The van der Waals surface area contributed by atoms with Crippen molar-refractivity contribution in [3.8, 4) is 5.75 Å². The van der Waals surface area contributed by atoms with Crippen LogP contribution >= 0.6 is 11.8 Å². The van der Waals surface area contributed by atoms with E-state index in [9.17, 15) is 0 Å². The van der Waals surface area contributed by atoms with Gasteiger partial charge in [0, 0.05) is 23.1 Å². The molecule has 2 N–H and O–H groups in total. The van der Waals surface area contributed by atoms with Crippen LogP contribution in [0.25, 0.3) is 0 Å². The number of para-hydroxylation sites is 1. The van der Waals surface area contributed by atoms with Gasteiger partial charge in [-0.05, 0) is 12.6 Å². The van der Waals surface area contributed by atoms with Crippen LogP contribution in [0.15, 0.2) is 24.3 Å². The summed E-state index contributed by atoms with van der Waals surface area (Å²) < 4.78 is 5.38. The molecule has 0 saturated heterocycles. The number of aliphatic hydroxyl groups excluding tert-OH is 1. The fourth-order valence-corrected chi connectivity index (χ4v) is 2.55. The van der Waals surface area contributed by atoms with Crippen molar-refractivity contribution in [1.82, 2.24) is 5.32 Å². The second-order valence-electron chi connectivity index (χ2n) is 3.65. The topological polar surface area (TPSA) is 41.5 Å². The summed E-state index contributed by atoms with van der Waals surface area (Å²) in [7, 11) is 1.70. The summed E-state index contributed by atoms with van der Waals surface area (Å²) in [6.45, 7) is 3.25. The summed E-state index contributed by atoms with van der Waals surface area (Å²) in [5.74, 6) is 2.63. The molecule has 0 radical (unpaired) electrons. The first-order valence-electron chi connectivity index (χ1n) is 5.88. The molecule has 0 amide bonds. The molecule has 4 heteroatoms. The SMILES string of the molecule is CCNC(CSCCO)c1ccccc1OC. The lowest BCUT2D eigenvalue weighted by atomic mass is 10.1. The maximum atomic E-state index is 8.81. The first kappa shape index (κ1) is 14.4. The van der Waals surface area contributed by atoms with Crippen LogP contribution in [0.3, 0.4) is 0 Å². The number of ether oxygens (including phenoxy) is 1. The number of benzene rings is 1. The predicted octanol–water partition coefficient (Wildman–Crippen LogP) is 2.07. The number of hydrogen-bond acceptors (Lipinski definition) is 4. The molecule has 1 aromatic carbocycles. The zero-order chi connectivity index (χ0) is 12.5. The molecule has 96 valence electrons. The molecule has 0 heterocycles. The van der Waals surface area contributed by atoms with Crippen molar-refractivity contribution < 1.29 is 9.84 Å². The zero-order valence-corrected chi connectivity index (χ0v) is 11.3. The van der Waals surface area contributed by atoms with Crippen LogP contribution in [-0.2, 0) is 0 Å². The average Bonchev–Trinajstić information content (AvgIpc) is 2.38. The van der Waals surface area contributed by atoms with Crippen molar-refractivity contribution in [3.05, 3.63) is 29.8 Å². The average molecular weight is 255 g/mol. The summed E-state index contributed by atoms with van der Waals surface area (Å²) in [6.07, 6.45) is 0. The van der Waals surface area contributed by atoms with Crippen LogP contribution < -0.4 is 10.1 Å². The van der Waals surface area contributed by atoms with Gasteiger partial charge in [0.1, 0.15) is 5.75 Å². The van der Waals surface area contributed by atoms with Gasteiger partial charge in [0.05, 0.1) is 13.7 Å². The Bertz CT molecular complexity index is 320. The van der Waals surface area contributed by atoms with Crippen molar-refractivity contribution in [2.45, 2.75) is 13.0 Å². The van der Waals surface area contributed by atoms with Gasteiger partial charge in [-0.3, -0.25) is 0 Å². The Kier molecular flexibility index (Phi) is 7.08. The second-order valence-corrected chi connectivity index (χ2v) is 4.80. The quantitative estimate of drug-likeness (QED) is 0.698. The molecule has 17 heavy (non-hydrogen) atoms. The Morgan fingerprint density at radius 2 is 2.18 bits per heavy atom. The molecule has 0 spiro atoms. The molecule has 0 aliphatic heterocycles. The fraction of sp³-hybridized carbons (Fsp3) is 0.538. The maximum Gasteiger partial charge on any atom is 0.123 e. The molecular formula is C13H21NO2S. The van der Waals surface area contributed by atoms with E-state index in [0.717, 1.165) is 23.8 Å². The Balaban J connectivity index is 2.73. The van der Waals surface area contributed by atoms with Crippen LogP contribution in [0.2, 0.25) is 0 Å². The predicted molar refractivity (Wildman–Crippen MR) is 73.8 cm³/mol. The van der Waals surface area contributed by atoms with Gasteiger partial charge in [-0.15, -0.1) is 0 Å². The first-order valence-corrected chi connectivity index (χ1v) is 7.03. The highest BCUT2D eigenvalue weighted by molar-refractivity contribution is 7.99. The standard InChI is InChI=1S/C13H21NO2S/c1-3-14-12(10-17-9-8-15)11-6-4-5-7-13(11)16-2/h4-7,12,14-15H,3,8-10H2,1-2H3. The van der Waals surface area contributed by atoms with Crippen LogP contribution in [-0.4, -0.2) is 36.9 Å². The Morgan fingerprint density at radius 3 is 2.82 bits per heavy atom. The van der Waals surface area contributed by atoms with Crippen molar-refractivity contribution in [2.24, 2.45) is 0 Å². The van der Waals surface area contributed by atoms with E-state index in [-0.39, 0.29) is 12.6 Å². The molecule has 3 nitrogen and oxygen atoms in total. The molecule has 0 bridgehead atoms. The van der Waals surface area contributed by atoms with Gasteiger partial charge in [-0.2, -0.15) is 11.8 Å². The van der Waals surface area contributed by atoms with E-state index in [4.69, 9.17) is 9.84 Å². The van der Waals surface area contributed by atoms with Crippen molar-refractivity contribution in [2.75, 3.05) is 31.8 Å². The third-order valence-electron chi connectivity index (χ3n) is 2.49. The molecule has 1 atom stereocenters. The summed E-state index contributed by atoms with van der Waals surface area (Å²) in [4.78, 5) is 0. The van der Waals surface area contributed by atoms with Gasteiger partial charge in [0.15, 0.2) is 0 Å². The lowest BCUT2D eigenvalue weighted by Gasteiger charge is -2.20. The van der Waals surface area contributed by atoms with E-state index >= 15 is 0 Å². The summed E-state index contributed by atoms with van der Waals surface area (Å²) in [5.41, 5.74) is 1.18. The van der Waals surface area contributed by atoms with Crippen LogP contribution in [0.5, 0.6) is 5.75 Å². The molecule has 0 saturated carbocycles.